The van der Waals surface area contributed by atoms with Gasteiger partial charge in [0.2, 0.25) is 5.95 Å². The van der Waals surface area contributed by atoms with Crippen molar-refractivity contribution in [3.63, 3.8) is 0 Å². The Kier molecular flexibility index (Phi) is 3.33. The molecule has 0 aliphatic carbocycles. The number of imidazole rings is 1. The SMILES string of the molecule is COc1ccc(/C=N/Nc2nc3ccccc3[nH]2)cc1. The summed E-state index contributed by atoms with van der Waals surface area (Å²) in [5, 5.41) is 4.15. The van der Waals surface area contributed by atoms with Gasteiger partial charge in [0.25, 0.3) is 0 Å². The lowest BCUT2D eigenvalue weighted by Gasteiger charge is -1.98. The third kappa shape index (κ3) is 2.61. The number of aromatic nitrogens is 2. The lowest BCUT2D eigenvalue weighted by atomic mass is 10.2. The summed E-state index contributed by atoms with van der Waals surface area (Å²) in [4.78, 5) is 7.51. The van der Waals surface area contributed by atoms with E-state index in [4.69, 9.17) is 4.74 Å². The lowest BCUT2D eigenvalue weighted by molar-refractivity contribution is 0.415. The molecule has 0 aliphatic heterocycles. The monoisotopic (exact) mass is 266 g/mol. The second kappa shape index (κ2) is 5.44. The minimum absolute atomic E-state index is 0.621. The number of hydrogen-bond donors (Lipinski definition) is 2. The zero-order valence-electron chi connectivity index (χ0n) is 11.0. The van der Waals surface area contributed by atoms with E-state index in [2.05, 4.69) is 20.5 Å². The van der Waals surface area contributed by atoms with E-state index in [-0.39, 0.29) is 0 Å². The van der Waals surface area contributed by atoms with Gasteiger partial charge in [-0.05, 0) is 42.0 Å². The molecule has 0 spiro atoms. The number of H-pyrrole nitrogens is 1. The quantitative estimate of drug-likeness (QED) is 0.563. The van der Waals surface area contributed by atoms with Gasteiger partial charge in [-0.15, -0.1) is 0 Å². The number of rotatable bonds is 4. The van der Waals surface area contributed by atoms with E-state index in [1.165, 1.54) is 0 Å². The van der Waals surface area contributed by atoms with Crippen LogP contribution in [0.5, 0.6) is 5.75 Å². The maximum absolute atomic E-state index is 5.10. The van der Waals surface area contributed by atoms with Crippen LogP contribution in [0.15, 0.2) is 53.6 Å². The number of para-hydroxylation sites is 2. The molecule has 5 heteroatoms. The van der Waals surface area contributed by atoms with Crippen LogP contribution < -0.4 is 10.2 Å². The van der Waals surface area contributed by atoms with E-state index < -0.39 is 0 Å². The van der Waals surface area contributed by atoms with Crippen molar-refractivity contribution in [2.75, 3.05) is 12.5 Å². The molecule has 0 bridgehead atoms. The predicted molar refractivity (Wildman–Crippen MR) is 80.3 cm³/mol. The maximum atomic E-state index is 5.10. The second-order valence-electron chi connectivity index (χ2n) is 4.25. The fourth-order valence-corrected chi connectivity index (χ4v) is 1.86. The normalized spacial score (nSPS) is 11.1. The molecule has 0 fully saturated rings. The molecule has 3 rings (SSSR count). The number of ether oxygens (including phenoxy) is 1. The standard InChI is InChI=1S/C15H14N4O/c1-20-12-8-6-11(7-9-12)10-16-19-15-17-13-4-2-3-5-14(13)18-15/h2-10H,1H3,(H2,17,18,19)/b16-10+. The molecule has 2 N–H and O–H groups in total. The molecule has 1 heterocycles. The number of anilines is 1. The highest BCUT2D eigenvalue weighted by atomic mass is 16.5. The van der Waals surface area contributed by atoms with Crippen molar-refractivity contribution < 1.29 is 4.74 Å². The van der Waals surface area contributed by atoms with Crippen molar-refractivity contribution in [1.29, 1.82) is 0 Å². The summed E-state index contributed by atoms with van der Waals surface area (Å²) in [6.45, 7) is 0. The number of methoxy groups -OCH3 is 1. The van der Waals surface area contributed by atoms with Gasteiger partial charge in [-0.25, -0.2) is 10.4 Å². The maximum Gasteiger partial charge on any atom is 0.222 e. The second-order valence-corrected chi connectivity index (χ2v) is 4.25. The van der Waals surface area contributed by atoms with Crippen LogP contribution in [0.3, 0.4) is 0 Å². The van der Waals surface area contributed by atoms with E-state index in [1.54, 1.807) is 13.3 Å². The molecule has 0 aliphatic rings. The van der Waals surface area contributed by atoms with Crippen molar-refractivity contribution in [2.45, 2.75) is 0 Å². The number of hydrazone groups is 1. The molecular weight excluding hydrogens is 252 g/mol. The Morgan fingerprint density at radius 3 is 2.70 bits per heavy atom. The first kappa shape index (κ1) is 12.2. The largest absolute Gasteiger partial charge is 0.497 e. The lowest BCUT2D eigenvalue weighted by Crippen LogP contribution is -1.92. The molecule has 5 nitrogen and oxygen atoms in total. The zero-order valence-corrected chi connectivity index (χ0v) is 11.0. The van der Waals surface area contributed by atoms with Gasteiger partial charge >= 0.3 is 0 Å². The molecule has 3 aromatic rings. The van der Waals surface area contributed by atoms with E-state index in [0.717, 1.165) is 22.3 Å². The summed E-state index contributed by atoms with van der Waals surface area (Å²) >= 11 is 0. The Bertz CT molecular complexity index is 698. The Balaban J connectivity index is 1.69. The van der Waals surface area contributed by atoms with E-state index in [9.17, 15) is 0 Å². The Hall–Kier alpha value is -2.82. The van der Waals surface area contributed by atoms with Gasteiger partial charge in [0.15, 0.2) is 0 Å². The minimum atomic E-state index is 0.621. The molecular formula is C15H14N4O. The highest BCUT2D eigenvalue weighted by molar-refractivity contribution is 5.81. The Morgan fingerprint density at radius 2 is 1.95 bits per heavy atom. The van der Waals surface area contributed by atoms with Crippen LogP contribution in [0.25, 0.3) is 11.0 Å². The Morgan fingerprint density at radius 1 is 1.15 bits per heavy atom. The van der Waals surface area contributed by atoms with Gasteiger partial charge in [0, 0.05) is 0 Å². The van der Waals surface area contributed by atoms with Gasteiger partial charge < -0.3 is 9.72 Å². The van der Waals surface area contributed by atoms with E-state index in [0.29, 0.717) is 5.95 Å². The average molecular weight is 266 g/mol. The first-order chi connectivity index (χ1) is 9.85. The molecule has 0 saturated carbocycles. The van der Waals surface area contributed by atoms with Crippen molar-refractivity contribution in [2.24, 2.45) is 5.10 Å². The van der Waals surface area contributed by atoms with Crippen molar-refractivity contribution in [1.82, 2.24) is 9.97 Å². The van der Waals surface area contributed by atoms with Crippen LogP contribution in [0.2, 0.25) is 0 Å². The van der Waals surface area contributed by atoms with Gasteiger partial charge in [0.05, 0.1) is 24.4 Å². The van der Waals surface area contributed by atoms with E-state index >= 15 is 0 Å². The summed E-state index contributed by atoms with van der Waals surface area (Å²) < 4.78 is 5.10. The van der Waals surface area contributed by atoms with Crippen LogP contribution in [-0.2, 0) is 0 Å². The van der Waals surface area contributed by atoms with Crippen LogP contribution in [0, 0.1) is 0 Å². The highest BCUT2D eigenvalue weighted by Gasteiger charge is 1.99. The van der Waals surface area contributed by atoms with E-state index in [1.807, 2.05) is 48.5 Å². The number of nitrogens with zero attached hydrogens (tertiary/aromatic N) is 2. The van der Waals surface area contributed by atoms with Gasteiger partial charge in [-0.1, -0.05) is 12.1 Å². The predicted octanol–water partition coefficient (Wildman–Crippen LogP) is 3.02. The van der Waals surface area contributed by atoms with Crippen LogP contribution in [-0.4, -0.2) is 23.3 Å². The van der Waals surface area contributed by atoms with Crippen LogP contribution in [0.1, 0.15) is 5.56 Å². The number of benzene rings is 2. The van der Waals surface area contributed by atoms with Crippen LogP contribution >= 0.6 is 0 Å². The van der Waals surface area contributed by atoms with Gasteiger partial charge in [-0.3, -0.25) is 0 Å². The topological polar surface area (TPSA) is 62.3 Å². The summed E-state index contributed by atoms with van der Waals surface area (Å²) in [5.74, 6) is 1.45. The summed E-state index contributed by atoms with van der Waals surface area (Å²) in [6, 6.07) is 15.5. The Labute approximate surface area is 116 Å². The fourth-order valence-electron chi connectivity index (χ4n) is 1.86. The third-order valence-electron chi connectivity index (χ3n) is 2.89. The molecule has 0 radical (unpaired) electrons. The van der Waals surface area contributed by atoms with Gasteiger partial charge in [0.1, 0.15) is 5.75 Å². The van der Waals surface area contributed by atoms with Crippen molar-refractivity contribution in [3.05, 3.63) is 54.1 Å². The molecule has 20 heavy (non-hydrogen) atoms. The van der Waals surface area contributed by atoms with Gasteiger partial charge in [-0.2, -0.15) is 5.10 Å². The molecule has 1 aromatic heterocycles. The highest BCUT2D eigenvalue weighted by Crippen LogP contribution is 2.13. The van der Waals surface area contributed by atoms with Crippen LogP contribution in [0.4, 0.5) is 5.95 Å². The summed E-state index contributed by atoms with van der Waals surface area (Å²) in [5.41, 5.74) is 5.76. The number of nitrogens with one attached hydrogen (secondary N) is 2. The third-order valence-corrected chi connectivity index (χ3v) is 2.89. The van der Waals surface area contributed by atoms with Crippen molar-refractivity contribution >= 4 is 23.2 Å². The molecule has 0 amide bonds. The smallest absolute Gasteiger partial charge is 0.222 e. The molecule has 0 atom stereocenters. The summed E-state index contributed by atoms with van der Waals surface area (Å²) in [7, 11) is 1.65. The number of fused-ring (bicyclic) bond motifs is 1. The summed E-state index contributed by atoms with van der Waals surface area (Å²) in [6.07, 6.45) is 1.73. The zero-order chi connectivity index (χ0) is 13.8. The molecule has 0 unspecified atom stereocenters. The average Bonchev–Trinajstić information content (AvgIpc) is 2.90. The molecule has 100 valence electrons. The number of aromatic amines is 1. The van der Waals surface area contributed by atoms with Crippen molar-refractivity contribution in [3.8, 4) is 5.75 Å². The number of hydrogen-bond acceptors (Lipinski definition) is 4. The fraction of sp³-hybridized carbons (Fsp3) is 0.0667. The molecule has 0 saturated heterocycles. The molecule has 2 aromatic carbocycles. The first-order valence-electron chi connectivity index (χ1n) is 6.23. The first-order valence-corrected chi connectivity index (χ1v) is 6.23. The minimum Gasteiger partial charge on any atom is -0.497 e.